The van der Waals surface area contributed by atoms with Crippen LogP contribution in [0.3, 0.4) is 0 Å². The average Bonchev–Trinajstić information content (AvgIpc) is 2.87. The van der Waals surface area contributed by atoms with E-state index in [2.05, 4.69) is 37.4 Å². The molecule has 4 heteroatoms. The molecule has 2 rings (SSSR count). The lowest BCUT2D eigenvalue weighted by Crippen LogP contribution is -2.56. The molecule has 21 heavy (non-hydrogen) atoms. The second-order valence-electron chi connectivity index (χ2n) is 6.06. The highest BCUT2D eigenvalue weighted by Gasteiger charge is 2.45. The smallest absolute Gasteiger partial charge is 0.238 e. The summed E-state index contributed by atoms with van der Waals surface area (Å²) in [4.78, 5) is 13.1. The van der Waals surface area contributed by atoms with Crippen LogP contribution in [0.5, 0.6) is 0 Å². The van der Waals surface area contributed by atoms with Crippen LogP contribution in [0.25, 0.3) is 0 Å². The first-order valence-electron chi connectivity index (χ1n) is 7.68. The van der Waals surface area contributed by atoms with E-state index in [0.29, 0.717) is 5.92 Å². The first-order valence-corrected chi connectivity index (χ1v) is 8.67. The highest BCUT2D eigenvalue weighted by Crippen LogP contribution is 2.38. The van der Waals surface area contributed by atoms with Crippen molar-refractivity contribution in [1.82, 2.24) is 5.32 Å². The molecule has 1 amide bonds. The predicted molar refractivity (Wildman–Crippen MR) is 89.6 cm³/mol. The van der Waals surface area contributed by atoms with Crippen molar-refractivity contribution in [3.05, 3.63) is 29.3 Å². The third kappa shape index (κ3) is 3.43. The molecule has 1 aromatic rings. The van der Waals surface area contributed by atoms with Gasteiger partial charge in [0.1, 0.15) is 5.54 Å². The molecular formula is C17H26N2OS. The highest BCUT2D eigenvalue weighted by atomic mass is 32.2. The number of hydrogen-bond donors (Lipinski definition) is 2. The fraction of sp³-hybridized carbons (Fsp3) is 0.588. The van der Waals surface area contributed by atoms with Crippen molar-refractivity contribution in [3.8, 4) is 0 Å². The van der Waals surface area contributed by atoms with Gasteiger partial charge in [0, 0.05) is 4.90 Å². The number of carbonyl (C=O) groups is 1. The van der Waals surface area contributed by atoms with Crippen molar-refractivity contribution >= 4 is 17.7 Å². The zero-order chi connectivity index (χ0) is 15.5. The Morgan fingerprint density at radius 3 is 2.81 bits per heavy atom. The number of rotatable bonds is 6. The fourth-order valence-electron chi connectivity index (χ4n) is 3.37. The van der Waals surface area contributed by atoms with E-state index in [1.807, 2.05) is 18.8 Å². The second-order valence-corrected chi connectivity index (χ2v) is 7.23. The Labute approximate surface area is 132 Å². The molecule has 0 aromatic heterocycles. The molecule has 0 radical (unpaired) electrons. The number of carbonyl (C=O) groups excluding carboxylic acids is 1. The molecule has 2 atom stereocenters. The molecule has 0 spiro atoms. The summed E-state index contributed by atoms with van der Waals surface area (Å²) in [6.45, 7) is 4.28. The summed E-state index contributed by atoms with van der Waals surface area (Å²) < 4.78 is 0. The van der Waals surface area contributed by atoms with Gasteiger partial charge in [0.2, 0.25) is 5.91 Å². The van der Waals surface area contributed by atoms with Gasteiger partial charge in [0.25, 0.3) is 0 Å². The quantitative estimate of drug-likeness (QED) is 0.794. The molecule has 1 aliphatic rings. The maximum absolute atomic E-state index is 11.8. The minimum atomic E-state index is -0.482. The molecule has 0 heterocycles. The Morgan fingerprint density at radius 2 is 2.19 bits per heavy atom. The summed E-state index contributed by atoms with van der Waals surface area (Å²) in [5.74, 6) is 1.20. The van der Waals surface area contributed by atoms with Crippen LogP contribution < -0.4 is 11.1 Å². The van der Waals surface area contributed by atoms with E-state index in [0.717, 1.165) is 31.4 Å². The molecule has 0 saturated heterocycles. The van der Waals surface area contributed by atoms with Crippen LogP contribution in [0.1, 0.15) is 36.8 Å². The Morgan fingerprint density at radius 1 is 1.43 bits per heavy atom. The molecule has 0 aliphatic heterocycles. The van der Waals surface area contributed by atoms with Crippen molar-refractivity contribution < 1.29 is 4.79 Å². The van der Waals surface area contributed by atoms with Gasteiger partial charge in [-0.25, -0.2) is 0 Å². The maximum atomic E-state index is 11.8. The molecule has 116 valence electrons. The van der Waals surface area contributed by atoms with Crippen molar-refractivity contribution in [1.29, 1.82) is 0 Å². The fourth-order valence-corrected chi connectivity index (χ4v) is 4.43. The summed E-state index contributed by atoms with van der Waals surface area (Å²) in [6.07, 6.45) is 4.08. The first-order chi connectivity index (χ1) is 9.99. The van der Waals surface area contributed by atoms with Crippen LogP contribution in [0.2, 0.25) is 0 Å². The number of nitrogens with one attached hydrogen (secondary N) is 1. The molecule has 1 saturated carbocycles. The number of amides is 1. The average molecular weight is 306 g/mol. The van der Waals surface area contributed by atoms with Gasteiger partial charge in [-0.2, -0.15) is 0 Å². The van der Waals surface area contributed by atoms with E-state index in [1.54, 1.807) is 0 Å². The van der Waals surface area contributed by atoms with Gasteiger partial charge in [0.05, 0.1) is 0 Å². The topological polar surface area (TPSA) is 55.1 Å². The molecule has 3 nitrogen and oxygen atoms in total. The van der Waals surface area contributed by atoms with Crippen molar-refractivity contribution in [3.63, 3.8) is 0 Å². The van der Waals surface area contributed by atoms with Crippen LogP contribution in [-0.4, -0.2) is 24.2 Å². The normalized spacial score (nSPS) is 25.2. The summed E-state index contributed by atoms with van der Waals surface area (Å²) >= 11 is 1.87. The van der Waals surface area contributed by atoms with Gasteiger partial charge in [-0.1, -0.05) is 12.5 Å². The summed E-state index contributed by atoms with van der Waals surface area (Å²) in [5.41, 5.74) is 7.83. The standard InChI is InChI=1S/C17H26N2OS/c1-12-6-7-15(11-13(12)2)21-10-8-14-5-4-9-17(14,19-3)16(18)20/h6-7,11,14,19H,4-5,8-10H2,1-3H3,(H2,18,20). The van der Waals surface area contributed by atoms with E-state index < -0.39 is 5.54 Å². The maximum Gasteiger partial charge on any atom is 0.238 e. The Kier molecular flexibility index (Phi) is 5.33. The van der Waals surface area contributed by atoms with E-state index in [1.165, 1.54) is 16.0 Å². The van der Waals surface area contributed by atoms with Gasteiger partial charge < -0.3 is 11.1 Å². The SMILES string of the molecule is CNC1(C(N)=O)CCCC1CCSc1ccc(C)c(C)c1. The highest BCUT2D eigenvalue weighted by molar-refractivity contribution is 7.99. The van der Waals surface area contributed by atoms with Gasteiger partial charge in [-0.05, 0) is 75.1 Å². The van der Waals surface area contributed by atoms with E-state index in [4.69, 9.17) is 5.73 Å². The number of likely N-dealkylation sites (N-methyl/N-ethyl adjacent to an activating group) is 1. The Balaban J connectivity index is 1.93. The summed E-state index contributed by atoms with van der Waals surface area (Å²) in [5, 5.41) is 3.21. The van der Waals surface area contributed by atoms with Crippen LogP contribution in [0.4, 0.5) is 0 Å². The largest absolute Gasteiger partial charge is 0.368 e. The summed E-state index contributed by atoms with van der Waals surface area (Å²) in [6, 6.07) is 6.60. The molecule has 1 aliphatic carbocycles. The molecule has 2 unspecified atom stereocenters. The molecule has 0 bridgehead atoms. The number of nitrogens with two attached hydrogens (primary N) is 1. The Hall–Kier alpha value is -1.00. The third-order valence-corrected chi connectivity index (χ3v) is 5.95. The molecule has 1 fully saturated rings. The number of primary amides is 1. The zero-order valence-electron chi connectivity index (χ0n) is 13.2. The number of aryl methyl sites for hydroxylation is 2. The van der Waals surface area contributed by atoms with Crippen LogP contribution in [0, 0.1) is 19.8 Å². The minimum absolute atomic E-state index is 0.191. The number of hydrogen-bond acceptors (Lipinski definition) is 3. The van der Waals surface area contributed by atoms with E-state index in [-0.39, 0.29) is 5.91 Å². The van der Waals surface area contributed by atoms with Crippen LogP contribution in [0.15, 0.2) is 23.1 Å². The first kappa shape index (κ1) is 16.4. The van der Waals surface area contributed by atoms with Crippen molar-refractivity contribution in [2.45, 2.75) is 50.0 Å². The summed E-state index contributed by atoms with van der Waals surface area (Å²) in [7, 11) is 1.86. The zero-order valence-corrected chi connectivity index (χ0v) is 14.1. The minimum Gasteiger partial charge on any atom is -0.368 e. The Bertz CT molecular complexity index is 518. The van der Waals surface area contributed by atoms with Gasteiger partial charge in [0.15, 0.2) is 0 Å². The van der Waals surface area contributed by atoms with Crippen LogP contribution >= 0.6 is 11.8 Å². The van der Waals surface area contributed by atoms with Gasteiger partial charge in [-0.15, -0.1) is 11.8 Å². The lowest BCUT2D eigenvalue weighted by atomic mass is 9.84. The number of thioether (sulfide) groups is 1. The molecule has 1 aromatic carbocycles. The third-order valence-electron chi connectivity index (χ3n) is 4.92. The van der Waals surface area contributed by atoms with Gasteiger partial charge in [-0.3, -0.25) is 4.79 Å². The monoisotopic (exact) mass is 306 g/mol. The lowest BCUT2D eigenvalue weighted by molar-refractivity contribution is -0.125. The second kappa shape index (κ2) is 6.84. The van der Waals surface area contributed by atoms with Crippen molar-refractivity contribution in [2.24, 2.45) is 11.7 Å². The molecular weight excluding hydrogens is 280 g/mol. The lowest BCUT2D eigenvalue weighted by Gasteiger charge is -2.32. The van der Waals surface area contributed by atoms with E-state index in [9.17, 15) is 4.79 Å². The molecule has 3 N–H and O–H groups in total. The predicted octanol–water partition coefficient (Wildman–Crippen LogP) is 3.03. The van der Waals surface area contributed by atoms with Crippen LogP contribution in [-0.2, 0) is 4.79 Å². The van der Waals surface area contributed by atoms with E-state index >= 15 is 0 Å². The van der Waals surface area contributed by atoms with Crippen molar-refractivity contribution in [2.75, 3.05) is 12.8 Å². The number of benzene rings is 1. The van der Waals surface area contributed by atoms with Gasteiger partial charge >= 0.3 is 0 Å².